The molecule has 0 aliphatic carbocycles. The fourth-order valence-electron chi connectivity index (χ4n) is 1.96. The third-order valence-corrected chi connectivity index (χ3v) is 2.96. The minimum atomic E-state index is -0.278. The predicted octanol–water partition coefficient (Wildman–Crippen LogP) is 0.722. The third kappa shape index (κ3) is 3.42. The number of rotatable bonds is 3. The fourth-order valence-corrected chi connectivity index (χ4v) is 1.96. The Morgan fingerprint density at radius 3 is 3.16 bits per heavy atom. The van der Waals surface area contributed by atoms with Crippen molar-refractivity contribution in [2.45, 2.75) is 12.5 Å². The Morgan fingerprint density at radius 2 is 2.53 bits per heavy atom. The first-order valence-corrected chi connectivity index (χ1v) is 6.02. The maximum absolute atomic E-state index is 11.2. The van der Waals surface area contributed by atoms with Crippen molar-refractivity contribution in [2.24, 2.45) is 0 Å². The van der Waals surface area contributed by atoms with Crippen LogP contribution in [0.5, 0.6) is 0 Å². The van der Waals surface area contributed by atoms with Gasteiger partial charge in [-0.05, 0) is 12.1 Å². The van der Waals surface area contributed by atoms with Crippen LogP contribution in [0, 0.1) is 11.3 Å². The molecular formula is C13H15N3O3. The Bertz CT molecular complexity index is 481. The lowest BCUT2D eigenvalue weighted by atomic mass is 10.2. The van der Waals surface area contributed by atoms with Crippen molar-refractivity contribution in [3.63, 3.8) is 0 Å². The van der Waals surface area contributed by atoms with E-state index in [2.05, 4.69) is 9.72 Å². The summed E-state index contributed by atoms with van der Waals surface area (Å²) in [5.41, 5.74) is 0.531. The minimum absolute atomic E-state index is 0.182. The van der Waals surface area contributed by atoms with Crippen LogP contribution in [0.15, 0.2) is 18.3 Å². The van der Waals surface area contributed by atoms with Gasteiger partial charge in [-0.2, -0.15) is 5.26 Å². The zero-order chi connectivity index (χ0) is 13.7. The highest BCUT2D eigenvalue weighted by atomic mass is 16.5. The van der Waals surface area contributed by atoms with Gasteiger partial charge in [0, 0.05) is 19.3 Å². The molecule has 0 saturated carbocycles. The van der Waals surface area contributed by atoms with Gasteiger partial charge in [0.25, 0.3) is 0 Å². The molecule has 2 rings (SSSR count). The zero-order valence-corrected chi connectivity index (χ0v) is 10.7. The molecule has 0 aromatic carbocycles. The van der Waals surface area contributed by atoms with E-state index in [1.54, 1.807) is 18.3 Å². The normalized spacial score (nSPS) is 18.7. The summed E-state index contributed by atoms with van der Waals surface area (Å²) in [6.45, 7) is 1.86. The second-order valence-corrected chi connectivity index (χ2v) is 4.24. The predicted molar refractivity (Wildman–Crippen MR) is 67.5 cm³/mol. The van der Waals surface area contributed by atoms with Crippen molar-refractivity contribution >= 4 is 11.8 Å². The summed E-state index contributed by atoms with van der Waals surface area (Å²) in [5, 5.41) is 8.73. The summed E-state index contributed by atoms with van der Waals surface area (Å²) in [7, 11) is 1.37. The summed E-state index contributed by atoms with van der Waals surface area (Å²) in [4.78, 5) is 17.5. The lowest BCUT2D eigenvalue weighted by Gasteiger charge is -2.33. The van der Waals surface area contributed by atoms with Gasteiger partial charge in [0.2, 0.25) is 0 Å². The Labute approximate surface area is 111 Å². The van der Waals surface area contributed by atoms with Crippen LogP contribution in [0.1, 0.15) is 12.0 Å². The smallest absolute Gasteiger partial charge is 0.308 e. The molecule has 0 N–H and O–H groups in total. The standard InChI is InChI=1S/C13H15N3O3/c1-18-13(17)6-11-9-16(4-5-19-11)12-3-2-10(7-14)8-15-12/h2-3,8,11H,4-6,9H2,1H3. The highest BCUT2D eigenvalue weighted by Crippen LogP contribution is 2.17. The molecule has 1 aliphatic heterocycles. The van der Waals surface area contributed by atoms with Crippen molar-refractivity contribution in [1.82, 2.24) is 4.98 Å². The number of nitriles is 1. The number of hydrogen-bond acceptors (Lipinski definition) is 6. The zero-order valence-electron chi connectivity index (χ0n) is 10.7. The molecular weight excluding hydrogens is 246 g/mol. The average molecular weight is 261 g/mol. The molecule has 1 unspecified atom stereocenters. The van der Waals surface area contributed by atoms with Gasteiger partial charge in [-0.1, -0.05) is 0 Å². The van der Waals surface area contributed by atoms with Crippen molar-refractivity contribution in [1.29, 1.82) is 5.26 Å². The molecule has 0 bridgehead atoms. The van der Waals surface area contributed by atoms with Crippen molar-refractivity contribution < 1.29 is 14.3 Å². The van der Waals surface area contributed by atoms with Crippen LogP contribution in [-0.4, -0.2) is 43.9 Å². The molecule has 1 atom stereocenters. The number of morpholine rings is 1. The first kappa shape index (κ1) is 13.3. The van der Waals surface area contributed by atoms with Crippen LogP contribution in [0.3, 0.4) is 0 Å². The fraction of sp³-hybridized carbons (Fsp3) is 0.462. The molecule has 0 radical (unpaired) electrons. The number of carbonyl (C=O) groups is 1. The molecule has 100 valence electrons. The maximum atomic E-state index is 11.2. The van der Waals surface area contributed by atoms with Crippen LogP contribution < -0.4 is 4.90 Å². The van der Waals surface area contributed by atoms with Gasteiger partial charge in [-0.3, -0.25) is 4.79 Å². The van der Waals surface area contributed by atoms with Gasteiger partial charge in [-0.15, -0.1) is 0 Å². The molecule has 0 spiro atoms. The first-order chi connectivity index (χ1) is 9.22. The molecule has 6 heteroatoms. The largest absolute Gasteiger partial charge is 0.469 e. The third-order valence-electron chi connectivity index (χ3n) is 2.96. The number of carbonyl (C=O) groups excluding carboxylic acids is 1. The van der Waals surface area contributed by atoms with E-state index < -0.39 is 0 Å². The van der Waals surface area contributed by atoms with Gasteiger partial charge in [-0.25, -0.2) is 4.98 Å². The van der Waals surface area contributed by atoms with Crippen LogP contribution in [0.4, 0.5) is 5.82 Å². The molecule has 0 amide bonds. The highest BCUT2D eigenvalue weighted by molar-refractivity contribution is 5.69. The Kier molecular flexibility index (Phi) is 4.31. The molecule has 1 aromatic rings. The Hall–Kier alpha value is -2.13. The van der Waals surface area contributed by atoms with Crippen LogP contribution in [0.25, 0.3) is 0 Å². The van der Waals surface area contributed by atoms with Gasteiger partial charge < -0.3 is 14.4 Å². The van der Waals surface area contributed by atoms with E-state index in [1.165, 1.54) is 7.11 Å². The molecule has 1 aromatic heterocycles. The number of esters is 1. The number of pyridine rings is 1. The molecule has 1 aliphatic rings. The summed E-state index contributed by atoms with van der Waals surface area (Å²) in [5.74, 6) is 0.511. The van der Waals surface area contributed by atoms with E-state index in [0.29, 0.717) is 18.7 Å². The van der Waals surface area contributed by atoms with Crippen LogP contribution >= 0.6 is 0 Å². The van der Waals surface area contributed by atoms with Gasteiger partial charge in [0.15, 0.2) is 0 Å². The second-order valence-electron chi connectivity index (χ2n) is 4.24. The topological polar surface area (TPSA) is 75.5 Å². The summed E-state index contributed by atoms with van der Waals surface area (Å²) >= 11 is 0. The Balaban J connectivity index is 2.00. The molecule has 1 fully saturated rings. The number of nitrogens with zero attached hydrogens (tertiary/aromatic N) is 3. The number of ether oxygens (including phenoxy) is 2. The van der Waals surface area contributed by atoms with E-state index in [0.717, 1.165) is 12.4 Å². The van der Waals surface area contributed by atoms with Crippen molar-refractivity contribution in [3.8, 4) is 6.07 Å². The van der Waals surface area contributed by atoms with Gasteiger partial charge in [0.05, 0.1) is 31.8 Å². The van der Waals surface area contributed by atoms with Gasteiger partial charge in [0.1, 0.15) is 11.9 Å². The average Bonchev–Trinajstić information content (AvgIpc) is 2.47. The second kappa shape index (κ2) is 6.16. The summed E-state index contributed by atoms with van der Waals surface area (Å²) in [6.07, 6.45) is 1.60. The summed E-state index contributed by atoms with van der Waals surface area (Å²) in [6, 6.07) is 5.57. The minimum Gasteiger partial charge on any atom is -0.469 e. The highest BCUT2D eigenvalue weighted by Gasteiger charge is 2.23. The van der Waals surface area contributed by atoms with Crippen molar-refractivity contribution in [3.05, 3.63) is 23.9 Å². The quantitative estimate of drug-likeness (QED) is 0.746. The molecule has 19 heavy (non-hydrogen) atoms. The van der Waals surface area contributed by atoms with Gasteiger partial charge >= 0.3 is 5.97 Å². The lowest BCUT2D eigenvalue weighted by molar-refractivity contribution is -0.144. The molecule has 6 nitrogen and oxygen atoms in total. The van der Waals surface area contributed by atoms with E-state index >= 15 is 0 Å². The maximum Gasteiger partial charge on any atom is 0.308 e. The van der Waals surface area contributed by atoms with Crippen LogP contribution in [-0.2, 0) is 14.3 Å². The number of anilines is 1. The lowest BCUT2D eigenvalue weighted by Crippen LogP contribution is -2.43. The number of aromatic nitrogens is 1. The van der Waals surface area contributed by atoms with E-state index in [4.69, 9.17) is 10.00 Å². The van der Waals surface area contributed by atoms with Crippen molar-refractivity contribution in [2.75, 3.05) is 31.7 Å². The first-order valence-electron chi connectivity index (χ1n) is 6.02. The van der Waals surface area contributed by atoms with E-state index in [9.17, 15) is 4.79 Å². The molecule has 1 saturated heterocycles. The number of hydrogen-bond donors (Lipinski definition) is 0. The van der Waals surface area contributed by atoms with E-state index in [-0.39, 0.29) is 18.5 Å². The number of methoxy groups -OCH3 is 1. The van der Waals surface area contributed by atoms with E-state index in [1.807, 2.05) is 11.0 Å². The molecule has 2 heterocycles. The summed E-state index contributed by atoms with van der Waals surface area (Å²) < 4.78 is 10.2. The Morgan fingerprint density at radius 1 is 1.68 bits per heavy atom. The van der Waals surface area contributed by atoms with Crippen LogP contribution in [0.2, 0.25) is 0 Å². The SMILES string of the molecule is COC(=O)CC1CN(c2ccc(C#N)cn2)CCO1. The monoisotopic (exact) mass is 261 g/mol.